The lowest BCUT2D eigenvalue weighted by Gasteiger charge is -2.20. The Labute approximate surface area is 144 Å². The first-order valence-electron chi connectivity index (χ1n) is 8.47. The van der Waals surface area contributed by atoms with E-state index in [1.165, 1.54) is 18.5 Å². The van der Waals surface area contributed by atoms with E-state index in [1.54, 1.807) is 18.4 Å². The lowest BCUT2D eigenvalue weighted by Crippen LogP contribution is -2.19. The summed E-state index contributed by atoms with van der Waals surface area (Å²) in [6.45, 7) is 3.33. The quantitative estimate of drug-likeness (QED) is 0.780. The molecule has 25 heavy (non-hydrogen) atoms. The van der Waals surface area contributed by atoms with Gasteiger partial charge in [-0.3, -0.25) is 0 Å². The summed E-state index contributed by atoms with van der Waals surface area (Å²) in [5.41, 5.74) is 1.58. The molecule has 1 fully saturated rings. The number of halogens is 2. The highest BCUT2D eigenvalue weighted by molar-refractivity contribution is 5.79. The van der Waals surface area contributed by atoms with E-state index in [0.717, 1.165) is 25.7 Å². The SMILES string of the molecule is Cc1cc(F)c(-c2c(C)nc3ncnn3c2NC2CCCC2)cc1F. The van der Waals surface area contributed by atoms with Crippen LogP contribution in [0.3, 0.4) is 0 Å². The van der Waals surface area contributed by atoms with Crippen LogP contribution < -0.4 is 5.32 Å². The number of hydrogen-bond donors (Lipinski definition) is 1. The van der Waals surface area contributed by atoms with Crippen LogP contribution in [0.15, 0.2) is 18.5 Å². The maximum atomic E-state index is 14.6. The lowest BCUT2D eigenvalue weighted by atomic mass is 10.0. The number of aromatic nitrogens is 4. The van der Waals surface area contributed by atoms with Crippen LogP contribution >= 0.6 is 0 Å². The fraction of sp³-hybridized carbons (Fsp3) is 0.389. The van der Waals surface area contributed by atoms with Crippen LogP contribution in [0.4, 0.5) is 14.6 Å². The Morgan fingerprint density at radius 2 is 1.88 bits per heavy atom. The van der Waals surface area contributed by atoms with E-state index in [-0.39, 0.29) is 17.2 Å². The van der Waals surface area contributed by atoms with Crippen LogP contribution in [-0.4, -0.2) is 25.6 Å². The van der Waals surface area contributed by atoms with E-state index in [2.05, 4.69) is 20.4 Å². The molecule has 3 aromatic rings. The zero-order chi connectivity index (χ0) is 17.6. The summed E-state index contributed by atoms with van der Waals surface area (Å²) in [6.07, 6.45) is 5.82. The minimum Gasteiger partial charge on any atom is -0.367 e. The van der Waals surface area contributed by atoms with Crippen molar-refractivity contribution in [3.8, 4) is 11.1 Å². The minimum absolute atomic E-state index is 0.186. The summed E-state index contributed by atoms with van der Waals surface area (Å²) >= 11 is 0. The Kier molecular flexibility index (Phi) is 3.86. The van der Waals surface area contributed by atoms with Crippen molar-refractivity contribution >= 4 is 11.6 Å². The van der Waals surface area contributed by atoms with E-state index in [4.69, 9.17) is 0 Å². The molecule has 130 valence electrons. The molecule has 0 bridgehead atoms. The van der Waals surface area contributed by atoms with Gasteiger partial charge in [-0.1, -0.05) is 12.8 Å². The predicted octanol–water partition coefficient (Wildman–Crippen LogP) is 4.04. The van der Waals surface area contributed by atoms with Gasteiger partial charge in [0.15, 0.2) is 0 Å². The Morgan fingerprint density at radius 1 is 1.12 bits per heavy atom. The Bertz CT molecular complexity index is 944. The average molecular weight is 343 g/mol. The molecule has 0 aliphatic heterocycles. The molecule has 0 radical (unpaired) electrons. The van der Waals surface area contributed by atoms with Gasteiger partial charge >= 0.3 is 0 Å². The third-order valence-electron chi connectivity index (χ3n) is 4.82. The number of fused-ring (bicyclic) bond motifs is 1. The van der Waals surface area contributed by atoms with Gasteiger partial charge in [0.1, 0.15) is 23.8 Å². The second kappa shape index (κ2) is 6.06. The second-order valence-corrected chi connectivity index (χ2v) is 6.60. The minimum atomic E-state index is -0.474. The van der Waals surface area contributed by atoms with Gasteiger partial charge in [0.2, 0.25) is 0 Å². The monoisotopic (exact) mass is 343 g/mol. The van der Waals surface area contributed by atoms with E-state index in [9.17, 15) is 8.78 Å². The third-order valence-corrected chi connectivity index (χ3v) is 4.82. The number of nitrogens with zero attached hydrogens (tertiary/aromatic N) is 4. The summed E-state index contributed by atoms with van der Waals surface area (Å²) in [7, 11) is 0. The van der Waals surface area contributed by atoms with Crippen molar-refractivity contribution in [1.82, 2.24) is 19.6 Å². The summed E-state index contributed by atoms with van der Waals surface area (Å²) < 4.78 is 30.3. The molecule has 1 aliphatic rings. The van der Waals surface area contributed by atoms with E-state index in [1.807, 2.05) is 0 Å². The topological polar surface area (TPSA) is 55.1 Å². The number of rotatable bonds is 3. The molecule has 1 saturated carbocycles. The standard InChI is InChI=1S/C18H19F2N5/c1-10-7-15(20)13(8-14(10)19)16-11(2)23-18-21-9-22-25(18)17(16)24-12-5-3-4-6-12/h7-9,12,24H,3-6H2,1-2H3. The smallest absolute Gasteiger partial charge is 0.254 e. The van der Waals surface area contributed by atoms with Crippen molar-refractivity contribution in [3.05, 3.63) is 41.4 Å². The number of nitrogens with one attached hydrogen (secondary N) is 1. The van der Waals surface area contributed by atoms with E-state index < -0.39 is 11.6 Å². The molecule has 0 amide bonds. The highest BCUT2D eigenvalue weighted by Gasteiger charge is 2.23. The molecule has 0 spiro atoms. The summed E-state index contributed by atoms with van der Waals surface area (Å²) in [6, 6.07) is 2.73. The van der Waals surface area contributed by atoms with E-state index in [0.29, 0.717) is 22.9 Å². The molecule has 2 aromatic heterocycles. The first kappa shape index (κ1) is 15.9. The first-order valence-corrected chi connectivity index (χ1v) is 8.47. The molecule has 7 heteroatoms. The second-order valence-electron chi connectivity index (χ2n) is 6.60. The first-order chi connectivity index (χ1) is 12.0. The predicted molar refractivity (Wildman–Crippen MR) is 91.5 cm³/mol. The van der Waals surface area contributed by atoms with Crippen LogP contribution in [0, 0.1) is 25.5 Å². The number of anilines is 1. The van der Waals surface area contributed by atoms with Crippen LogP contribution in [0.25, 0.3) is 16.9 Å². The van der Waals surface area contributed by atoms with Gasteiger partial charge in [0.25, 0.3) is 5.78 Å². The molecule has 1 aromatic carbocycles. The van der Waals surface area contributed by atoms with Gasteiger partial charge in [-0.25, -0.2) is 13.8 Å². The molecular weight excluding hydrogens is 324 g/mol. The van der Waals surface area contributed by atoms with Crippen molar-refractivity contribution < 1.29 is 8.78 Å². The van der Waals surface area contributed by atoms with Crippen LogP contribution in [0.5, 0.6) is 0 Å². The normalized spacial score (nSPS) is 15.2. The number of benzene rings is 1. The highest BCUT2D eigenvalue weighted by atomic mass is 19.1. The zero-order valence-electron chi connectivity index (χ0n) is 14.2. The van der Waals surface area contributed by atoms with Crippen molar-refractivity contribution in [3.63, 3.8) is 0 Å². The van der Waals surface area contributed by atoms with Gasteiger partial charge in [0, 0.05) is 17.2 Å². The number of aryl methyl sites for hydroxylation is 2. The van der Waals surface area contributed by atoms with Gasteiger partial charge < -0.3 is 5.32 Å². The molecule has 5 nitrogen and oxygen atoms in total. The summed E-state index contributed by atoms with van der Waals surface area (Å²) in [5.74, 6) is 0.142. The fourth-order valence-electron chi connectivity index (χ4n) is 3.51. The van der Waals surface area contributed by atoms with Crippen molar-refractivity contribution in [2.24, 2.45) is 0 Å². The van der Waals surface area contributed by atoms with Crippen LogP contribution in [0.2, 0.25) is 0 Å². The van der Waals surface area contributed by atoms with Crippen LogP contribution in [0.1, 0.15) is 36.9 Å². The molecule has 2 heterocycles. The van der Waals surface area contributed by atoms with Crippen molar-refractivity contribution in [1.29, 1.82) is 0 Å². The molecule has 1 N–H and O–H groups in total. The zero-order valence-corrected chi connectivity index (χ0v) is 14.2. The summed E-state index contributed by atoms with van der Waals surface area (Å²) in [4.78, 5) is 8.54. The molecular formula is C18H19F2N5. The molecule has 1 aliphatic carbocycles. The fourth-order valence-corrected chi connectivity index (χ4v) is 3.51. The van der Waals surface area contributed by atoms with Gasteiger partial charge in [-0.05, 0) is 44.4 Å². The molecule has 4 rings (SSSR count). The van der Waals surface area contributed by atoms with Crippen molar-refractivity contribution in [2.75, 3.05) is 5.32 Å². The lowest BCUT2D eigenvalue weighted by molar-refractivity contribution is 0.595. The van der Waals surface area contributed by atoms with Gasteiger partial charge in [-0.15, -0.1) is 0 Å². The Hall–Kier alpha value is -2.57. The Balaban J connectivity index is 1.95. The van der Waals surface area contributed by atoms with E-state index >= 15 is 0 Å². The average Bonchev–Trinajstić information content (AvgIpc) is 3.23. The van der Waals surface area contributed by atoms with Gasteiger partial charge in [-0.2, -0.15) is 14.6 Å². The van der Waals surface area contributed by atoms with Gasteiger partial charge in [0.05, 0.1) is 5.69 Å². The Morgan fingerprint density at radius 3 is 2.64 bits per heavy atom. The molecule has 0 unspecified atom stereocenters. The van der Waals surface area contributed by atoms with Crippen molar-refractivity contribution in [2.45, 2.75) is 45.6 Å². The maximum Gasteiger partial charge on any atom is 0.254 e. The maximum absolute atomic E-state index is 14.6. The summed E-state index contributed by atoms with van der Waals surface area (Å²) in [5, 5.41) is 7.69. The van der Waals surface area contributed by atoms with Crippen LogP contribution in [-0.2, 0) is 0 Å². The molecule has 0 saturated heterocycles. The third kappa shape index (κ3) is 2.73. The highest BCUT2D eigenvalue weighted by Crippen LogP contribution is 2.35. The number of hydrogen-bond acceptors (Lipinski definition) is 4. The largest absolute Gasteiger partial charge is 0.367 e. The molecule has 0 atom stereocenters.